The predicted octanol–water partition coefficient (Wildman–Crippen LogP) is 3.47. The molecule has 2 rings (SSSR count). The zero-order valence-corrected chi connectivity index (χ0v) is 9.38. The van der Waals surface area contributed by atoms with Crippen LogP contribution in [-0.4, -0.2) is 6.04 Å². The van der Waals surface area contributed by atoms with E-state index in [4.69, 9.17) is 5.73 Å². The van der Waals surface area contributed by atoms with Crippen molar-refractivity contribution in [3.63, 3.8) is 0 Å². The lowest BCUT2D eigenvalue weighted by Gasteiger charge is -2.21. The lowest BCUT2D eigenvalue weighted by atomic mass is 9.88. The first-order chi connectivity index (χ1) is 6.84. The average molecular weight is 195 g/mol. The van der Waals surface area contributed by atoms with Gasteiger partial charge in [-0.2, -0.15) is 0 Å². The van der Waals surface area contributed by atoms with E-state index < -0.39 is 0 Å². The minimum absolute atomic E-state index is 0.513. The molecule has 2 aliphatic rings. The third-order valence-corrected chi connectivity index (χ3v) is 4.28. The van der Waals surface area contributed by atoms with E-state index in [1.165, 1.54) is 64.2 Å². The molecule has 3 atom stereocenters. The van der Waals surface area contributed by atoms with Gasteiger partial charge in [0.2, 0.25) is 0 Å². The van der Waals surface area contributed by atoms with Crippen LogP contribution < -0.4 is 5.73 Å². The zero-order valence-electron chi connectivity index (χ0n) is 9.38. The molecule has 2 bridgehead atoms. The molecule has 0 spiro atoms. The molecule has 0 aromatic heterocycles. The summed E-state index contributed by atoms with van der Waals surface area (Å²) in [5.74, 6) is 1.97. The Hall–Kier alpha value is -0.0400. The van der Waals surface area contributed by atoms with Gasteiger partial charge in [0, 0.05) is 6.04 Å². The van der Waals surface area contributed by atoms with E-state index in [1.54, 1.807) is 0 Å². The first kappa shape index (κ1) is 10.5. The summed E-state index contributed by atoms with van der Waals surface area (Å²) in [6.07, 6.45) is 14.3. The van der Waals surface area contributed by atoms with Crippen molar-refractivity contribution in [3.8, 4) is 0 Å². The summed E-state index contributed by atoms with van der Waals surface area (Å²) in [5.41, 5.74) is 6.18. The highest BCUT2D eigenvalue weighted by Crippen LogP contribution is 2.32. The standard InChI is InChI=1S/C13H25N/c14-13-9-8-11-4-1-2-5-12(10-13)7-3-6-11/h11-13H,1-10,14H2. The van der Waals surface area contributed by atoms with Gasteiger partial charge in [-0.3, -0.25) is 0 Å². The Morgan fingerprint density at radius 1 is 0.643 bits per heavy atom. The average Bonchev–Trinajstić information content (AvgIpc) is 2.33. The van der Waals surface area contributed by atoms with Gasteiger partial charge >= 0.3 is 0 Å². The number of rotatable bonds is 0. The Kier molecular flexibility index (Phi) is 3.86. The minimum Gasteiger partial charge on any atom is -0.328 e. The largest absolute Gasteiger partial charge is 0.328 e. The van der Waals surface area contributed by atoms with Gasteiger partial charge in [-0.25, -0.2) is 0 Å². The maximum absolute atomic E-state index is 6.18. The van der Waals surface area contributed by atoms with Crippen molar-refractivity contribution in [2.24, 2.45) is 17.6 Å². The predicted molar refractivity (Wildman–Crippen MR) is 61.1 cm³/mol. The van der Waals surface area contributed by atoms with E-state index in [0.29, 0.717) is 6.04 Å². The molecule has 2 aliphatic carbocycles. The van der Waals surface area contributed by atoms with E-state index in [9.17, 15) is 0 Å². The summed E-state index contributed by atoms with van der Waals surface area (Å²) in [4.78, 5) is 0. The van der Waals surface area contributed by atoms with E-state index in [2.05, 4.69) is 0 Å². The third-order valence-electron chi connectivity index (χ3n) is 4.28. The molecule has 1 nitrogen and oxygen atoms in total. The maximum atomic E-state index is 6.18. The van der Waals surface area contributed by atoms with Crippen LogP contribution in [0.25, 0.3) is 0 Å². The van der Waals surface area contributed by atoms with Gasteiger partial charge in [-0.15, -0.1) is 0 Å². The van der Waals surface area contributed by atoms with Crippen LogP contribution >= 0.6 is 0 Å². The summed E-state index contributed by atoms with van der Waals surface area (Å²) < 4.78 is 0. The van der Waals surface area contributed by atoms with Gasteiger partial charge in [0.25, 0.3) is 0 Å². The summed E-state index contributed by atoms with van der Waals surface area (Å²) in [5, 5.41) is 0. The highest BCUT2D eigenvalue weighted by Gasteiger charge is 2.21. The van der Waals surface area contributed by atoms with Crippen molar-refractivity contribution in [2.45, 2.75) is 70.3 Å². The highest BCUT2D eigenvalue weighted by molar-refractivity contribution is 4.76. The molecule has 0 aliphatic heterocycles. The lowest BCUT2D eigenvalue weighted by Crippen LogP contribution is -2.24. The molecule has 0 radical (unpaired) electrons. The molecule has 0 amide bonds. The molecule has 3 unspecified atom stereocenters. The van der Waals surface area contributed by atoms with Crippen molar-refractivity contribution < 1.29 is 0 Å². The molecule has 0 saturated heterocycles. The highest BCUT2D eigenvalue weighted by atomic mass is 14.6. The Morgan fingerprint density at radius 2 is 1.29 bits per heavy atom. The third kappa shape index (κ3) is 2.98. The molecule has 2 fully saturated rings. The van der Waals surface area contributed by atoms with Gasteiger partial charge in [0.05, 0.1) is 0 Å². The van der Waals surface area contributed by atoms with Crippen molar-refractivity contribution in [2.75, 3.05) is 0 Å². The fourth-order valence-corrected chi connectivity index (χ4v) is 3.37. The number of fused-ring (bicyclic) bond motifs is 4. The number of hydrogen-bond acceptors (Lipinski definition) is 1. The topological polar surface area (TPSA) is 26.0 Å². The monoisotopic (exact) mass is 195 g/mol. The van der Waals surface area contributed by atoms with Gasteiger partial charge < -0.3 is 5.73 Å². The van der Waals surface area contributed by atoms with Crippen LogP contribution in [-0.2, 0) is 0 Å². The van der Waals surface area contributed by atoms with Crippen LogP contribution in [0.4, 0.5) is 0 Å². The van der Waals surface area contributed by atoms with E-state index in [1.807, 2.05) is 0 Å². The van der Waals surface area contributed by atoms with Crippen molar-refractivity contribution in [1.29, 1.82) is 0 Å². The van der Waals surface area contributed by atoms with Crippen molar-refractivity contribution in [1.82, 2.24) is 0 Å². The molecular weight excluding hydrogens is 170 g/mol. The van der Waals surface area contributed by atoms with E-state index >= 15 is 0 Å². The lowest BCUT2D eigenvalue weighted by molar-refractivity contribution is 0.343. The normalized spacial score (nSPS) is 40.5. The van der Waals surface area contributed by atoms with Crippen LogP contribution in [0.3, 0.4) is 0 Å². The van der Waals surface area contributed by atoms with Gasteiger partial charge in [0.15, 0.2) is 0 Å². The van der Waals surface area contributed by atoms with Crippen LogP contribution in [0.1, 0.15) is 64.2 Å². The van der Waals surface area contributed by atoms with Crippen molar-refractivity contribution in [3.05, 3.63) is 0 Å². The molecule has 2 saturated carbocycles. The van der Waals surface area contributed by atoms with Crippen LogP contribution in [0.15, 0.2) is 0 Å². The van der Waals surface area contributed by atoms with Gasteiger partial charge in [-0.05, 0) is 31.1 Å². The Morgan fingerprint density at radius 3 is 2.14 bits per heavy atom. The Labute approximate surface area is 88.4 Å². The summed E-state index contributed by atoms with van der Waals surface area (Å²) in [6.45, 7) is 0. The molecule has 82 valence electrons. The fraction of sp³-hybridized carbons (Fsp3) is 1.00. The molecular formula is C13H25N. The fourth-order valence-electron chi connectivity index (χ4n) is 3.37. The molecule has 14 heavy (non-hydrogen) atoms. The van der Waals surface area contributed by atoms with Crippen LogP contribution in [0, 0.1) is 11.8 Å². The molecule has 0 aromatic carbocycles. The maximum Gasteiger partial charge on any atom is 0.00415 e. The smallest absolute Gasteiger partial charge is 0.00415 e. The summed E-state index contributed by atoms with van der Waals surface area (Å²) >= 11 is 0. The van der Waals surface area contributed by atoms with E-state index in [0.717, 1.165) is 11.8 Å². The first-order valence-corrected chi connectivity index (χ1v) is 6.60. The quantitative estimate of drug-likeness (QED) is 0.629. The Bertz CT molecular complexity index is 167. The SMILES string of the molecule is NC1CCC2CCCCC(CCC2)C1. The van der Waals surface area contributed by atoms with Gasteiger partial charge in [-0.1, -0.05) is 44.9 Å². The van der Waals surface area contributed by atoms with Crippen LogP contribution in [0.5, 0.6) is 0 Å². The Balaban J connectivity index is 2.00. The van der Waals surface area contributed by atoms with Gasteiger partial charge in [0.1, 0.15) is 0 Å². The second-order valence-corrected chi connectivity index (χ2v) is 5.52. The number of hydrogen-bond donors (Lipinski definition) is 1. The second-order valence-electron chi connectivity index (χ2n) is 5.52. The number of nitrogens with two attached hydrogens (primary N) is 1. The molecule has 1 heteroatoms. The summed E-state index contributed by atoms with van der Waals surface area (Å²) in [6, 6.07) is 0.513. The molecule has 0 aromatic rings. The van der Waals surface area contributed by atoms with Crippen LogP contribution in [0.2, 0.25) is 0 Å². The second kappa shape index (κ2) is 5.16. The molecule has 0 heterocycles. The molecule has 2 N–H and O–H groups in total. The zero-order chi connectivity index (χ0) is 9.80. The first-order valence-electron chi connectivity index (χ1n) is 6.60. The van der Waals surface area contributed by atoms with Crippen molar-refractivity contribution >= 4 is 0 Å². The van der Waals surface area contributed by atoms with E-state index in [-0.39, 0.29) is 0 Å². The minimum atomic E-state index is 0.513. The summed E-state index contributed by atoms with van der Waals surface area (Å²) in [7, 11) is 0.